The summed E-state index contributed by atoms with van der Waals surface area (Å²) in [6, 6.07) is 6.95. The second-order valence-corrected chi connectivity index (χ2v) is 7.71. The molecule has 12 heteroatoms. The standard InChI is InChI=1S/C15H18BrN5O5S/c1-2-7-21(20-23)27(24,25)19-14-13(11-3-5-12(16)6-4-11)15(18-10-17-14)26-9-8-22/h3-6,10,22H,2,7-9H2,1H3,(H,17,18,19). The van der Waals surface area contributed by atoms with Crippen LogP contribution in [0.1, 0.15) is 13.3 Å². The zero-order valence-electron chi connectivity index (χ0n) is 14.4. The van der Waals surface area contributed by atoms with Crippen molar-refractivity contribution in [1.82, 2.24) is 14.4 Å². The van der Waals surface area contributed by atoms with Gasteiger partial charge in [-0.25, -0.2) is 14.7 Å². The number of anilines is 1. The number of benzene rings is 1. The fourth-order valence-electron chi connectivity index (χ4n) is 2.15. The summed E-state index contributed by atoms with van der Waals surface area (Å²) in [4.78, 5) is 18.9. The van der Waals surface area contributed by atoms with Gasteiger partial charge in [-0.05, 0) is 24.1 Å². The van der Waals surface area contributed by atoms with Crippen LogP contribution in [0.5, 0.6) is 5.88 Å². The highest BCUT2D eigenvalue weighted by molar-refractivity contribution is 9.10. The molecule has 0 amide bonds. The maximum Gasteiger partial charge on any atom is 0.342 e. The fourth-order valence-corrected chi connectivity index (χ4v) is 3.43. The van der Waals surface area contributed by atoms with Gasteiger partial charge in [0.1, 0.15) is 12.9 Å². The van der Waals surface area contributed by atoms with Crippen LogP contribution in [0.25, 0.3) is 11.1 Å². The molecule has 1 heterocycles. The van der Waals surface area contributed by atoms with E-state index < -0.39 is 10.2 Å². The number of aromatic nitrogens is 2. The lowest BCUT2D eigenvalue weighted by atomic mass is 10.1. The Balaban J connectivity index is 2.52. The van der Waals surface area contributed by atoms with Crippen LogP contribution in [0, 0.1) is 4.91 Å². The van der Waals surface area contributed by atoms with Gasteiger partial charge >= 0.3 is 10.2 Å². The van der Waals surface area contributed by atoms with Crippen LogP contribution >= 0.6 is 15.9 Å². The SMILES string of the molecule is CCCN(N=O)S(=O)(=O)Nc1ncnc(OCCO)c1-c1ccc(Br)cc1. The van der Waals surface area contributed by atoms with Crippen LogP contribution in [0.4, 0.5) is 5.82 Å². The van der Waals surface area contributed by atoms with Crippen molar-refractivity contribution >= 4 is 32.0 Å². The Hall–Kier alpha value is -2.31. The third-order valence-corrected chi connectivity index (χ3v) is 5.07. The van der Waals surface area contributed by atoms with Gasteiger partial charge < -0.3 is 9.84 Å². The van der Waals surface area contributed by atoms with E-state index in [0.29, 0.717) is 16.4 Å². The molecule has 2 aromatic rings. The first-order chi connectivity index (χ1) is 12.9. The normalized spacial score (nSPS) is 11.1. The largest absolute Gasteiger partial charge is 0.475 e. The van der Waals surface area contributed by atoms with Crippen molar-refractivity contribution in [3.8, 4) is 17.0 Å². The predicted molar refractivity (Wildman–Crippen MR) is 103 cm³/mol. The van der Waals surface area contributed by atoms with Crippen LogP contribution in [0.2, 0.25) is 0 Å². The molecule has 0 saturated carbocycles. The van der Waals surface area contributed by atoms with Gasteiger partial charge in [-0.2, -0.15) is 8.42 Å². The maximum atomic E-state index is 12.5. The number of nitrogens with one attached hydrogen (secondary N) is 1. The second kappa shape index (κ2) is 9.58. The molecule has 146 valence electrons. The third-order valence-electron chi connectivity index (χ3n) is 3.28. The fraction of sp³-hybridized carbons (Fsp3) is 0.333. The number of ether oxygens (including phenoxy) is 1. The minimum absolute atomic E-state index is 0.0371. The van der Waals surface area contributed by atoms with E-state index in [9.17, 15) is 13.3 Å². The lowest BCUT2D eigenvalue weighted by Crippen LogP contribution is -2.32. The number of nitrogens with zero attached hydrogens (tertiary/aromatic N) is 4. The monoisotopic (exact) mass is 459 g/mol. The van der Waals surface area contributed by atoms with Crippen molar-refractivity contribution in [1.29, 1.82) is 0 Å². The number of halogens is 1. The Kier molecular flexibility index (Phi) is 7.45. The van der Waals surface area contributed by atoms with Gasteiger partial charge in [0.25, 0.3) is 0 Å². The van der Waals surface area contributed by atoms with Gasteiger partial charge in [0.05, 0.1) is 24.0 Å². The summed E-state index contributed by atoms with van der Waals surface area (Å²) < 4.78 is 33.8. The van der Waals surface area contributed by atoms with Crippen molar-refractivity contribution in [2.24, 2.45) is 5.29 Å². The zero-order valence-corrected chi connectivity index (χ0v) is 16.8. The van der Waals surface area contributed by atoms with Crippen LogP contribution in [0.15, 0.2) is 40.4 Å². The highest BCUT2D eigenvalue weighted by atomic mass is 79.9. The maximum absolute atomic E-state index is 12.5. The van der Waals surface area contributed by atoms with Gasteiger partial charge in [0, 0.05) is 4.47 Å². The van der Waals surface area contributed by atoms with Gasteiger partial charge in [-0.1, -0.05) is 35.0 Å². The first kappa shape index (κ1) is 21.0. The number of aliphatic hydroxyl groups is 1. The molecule has 0 spiro atoms. The van der Waals surface area contributed by atoms with Crippen LogP contribution in [-0.4, -0.2) is 47.7 Å². The van der Waals surface area contributed by atoms with Gasteiger partial charge in [0.2, 0.25) is 5.88 Å². The average molecular weight is 460 g/mol. The van der Waals surface area contributed by atoms with Crippen LogP contribution in [-0.2, 0) is 10.2 Å². The summed E-state index contributed by atoms with van der Waals surface area (Å²) in [5, 5.41) is 11.6. The molecular formula is C15H18BrN5O5S. The molecule has 0 unspecified atom stereocenters. The van der Waals surface area contributed by atoms with E-state index in [1.807, 2.05) is 0 Å². The van der Waals surface area contributed by atoms with Crippen LogP contribution in [0.3, 0.4) is 0 Å². The third kappa shape index (κ3) is 5.34. The predicted octanol–water partition coefficient (Wildman–Crippen LogP) is 2.33. The summed E-state index contributed by atoms with van der Waals surface area (Å²) >= 11 is 3.33. The molecule has 27 heavy (non-hydrogen) atoms. The highest BCUT2D eigenvalue weighted by Gasteiger charge is 2.25. The molecule has 1 aromatic carbocycles. The molecule has 0 aliphatic rings. The van der Waals surface area contributed by atoms with Crippen molar-refractivity contribution in [2.45, 2.75) is 13.3 Å². The summed E-state index contributed by atoms with van der Waals surface area (Å²) in [6.07, 6.45) is 1.52. The van der Waals surface area contributed by atoms with E-state index in [-0.39, 0.29) is 37.0 Å². The number of rotatable bonds is 10. The molecule has 0 radical (unpaired) electrons. The minimum Gasteiger partial charge on any atom is -0.475 e. The van der Waals surface area contributed by atoms with E-state index in [4.69, 9.17) is 9.84 Å². The first-order valence-electron chi connectivity index (χ1n) is 7.91. The van der Waals surface area contributed by atoms with Crippen molar-refractivity contribution < 1.29 is 18.3 Å². The van der Waals surface area contributed by atoms with Crippen molar-refractivity contribution in [3.05, 3.63) is 40.0 Å². The zero-order chi connectivity index (χ0) is 19.9. The molecule has 0 aliphatic carbocycles. The number of aliphatic hydroxyl groups excluding tert-OH is 1. The molecule has 0 atom stereocenters. The Morgan fingerprint density at radius 1 is 1.30 bits per heavy atom. The Morgan fingerprint density at radius 3 is 2.59 bits per heavy atom. The first-order valence-corrected chi connectivity index (χ1v) is 10.1. The molecule has 2 rings (SSSR count). The summed E-state index contributed by atoms with van der Waals surface area (Å²) in [5.74, 6) is 0.00481. The highest BCUT2D eigenvalue weighted by Crippen LogP contribution is 2.35. The Bertz CT molecular complexity index is 879. The molecule has 10 nitrogen and oxygen atoms in total. The van der Waals surface area contributed by atoms with Gasteiger partial charge in [-0.3, -0.25) is 0 Å². The Morgan fingerprint density at radius 2 is 2.00 bits per heavy atom. The smallest absolute Gasteiger partial charge is 0.342 e. The molecule has 1 aromatic heterocycles. The molecule has 0 fully saturated rings. The van der Waals surface area contributed by atoms with E-state index in [0.717, 1.165) is 10.8 Å². The number of hydrogen-bond acceptors (Lipinski definition) is 8. The number of hydrogen-bond donors (Lipinski definition) is 2. The summed E-state index contributed by atoms with van der Waals surface area (Å²) in [7, 11) is -4.26. The summed E-state index contributed by atoms with van der Waals surface area (Å²) in [5.41, 5.74) is 0.843. The van der Waals surface area contributed by atoms with E-state index in [1.54, 1.807) is 31.2 Å². The van der Waals surface area contributed by atoms with Crippen LogP contribution < -0.4 is 9.46 Å². The quantitative estimate of drug-likeness (QED) is 0.411. The molecule has 2 N–H and O–H groups in total. The lowest BCUT2D eigenvalue weighted by Gasteiger charge is -2.18. The second-order valence-electron chi connectivity index (χ2n) is 5.22. The molecule has 0 aliphatic heterocycles. The van der Waals surface area contributed by atoms with Gasteiger partial charge in [-0.15, -0.1) is 9.32 Å². The van der Waals surface area contributed by atoms with Crippen molar-refractivity contribution in [3.63, 3.8) is 0 Å². The minimum atomic E-state index is -4.26. The lowest BCUT2D eigenvalue weighted by molar-refractivity contribution is 0.197. The van der Waals surface area contributed by atoms with E-state index in [1.165, 1.54) is 0 Å². The topological polar surface area (TPSA) is 134 Å². The van der Waals surface area contributed by atoms with Crippen molar-refractivity contribution in [2.75, 3.05) is 24.5 Å². The average Bonchev–Trinajstić information content (AvgIpc) is 2.65. The van der Waals surface area contributed by atoms with E-state index in [2.05, 4.69) is 35.9 Å². The van der Waals surface area contributed by atoms with Gasteiger partial charge in [0.15, 0.2) is 5.82 Å². The molecule has 0 saturated heterocycles. The van der Waals surface area contributed by atoms with E-state index >= 15 is 0 Å². The summed E-state index contributed by atoms with van der Waals surface area (Å²) in [6.45, 7) is 1.35. The Labute approximate surface area is 164 Å². The number of nitroso groups, excluding NO2 is 1. The molecule has 0 bridgehead atoms. The molecular weight excluding hydrogens is 442 g/mol.